The highest BCUT2D eigenvalue weighted by atomic mass is 32.2. The maximum absolute atomic E-state index is 11.7. The number of thioether (sulfide) groups is 1. The van der Waals surface area contributed by atoms with Crippen molar-refractivity contribution in [2.24, 2.45) is 0 Å². The molecular formula is C10H14N2O5S. The van der Waals surface area contributed by atoms with Gasteiger partial charge in [-0.2, -0.15) is 0 Å². The molecule has 0 saturated carbocycles. The summed E-state index contributed by atoms with van der Waals surface area (Å²) in [5, 5.41) is 27.4. The zero-order chi connectivity index (χ0) is 13.4. The molecule has 1 aliphatic rings. The average Bonchev–Trinajstić information content (AvgIpc) is 2.56. The first-order valence-corrected chi connectivity index (χ1v) is 6.35. The second-order valence-electron chi connectivity index (χ2n) is 4.18. The molecule has 0 aliphatic carbocycles. The van der Waals surface area contributed by atoms with Gasteiger partial charge in [-0.1, -0.05) is 0 Å². The highest BCUT2D eigenvalue weighted by molar-refractivity contribution is 8.00. The van der Waals surface area contributed by atoms with E-state index < -0.39 is 34.1 Å². The minimum Gasteiger partial charge on any atom is -0.395 e. The minimum atomic E-state index is -1.17. The lowest BCUT2D eigenvalue weighted by Gasteiger charge is -2.19. The monoisotopic (exact) mass is 274 g/mol. The molecule has 18 heavy (non-hydrogen) atoms. The van der Waals surface area contributed by atoms with Gasteiger partial charge < -0.3 is 15.3 Å². The molecule has 0 radical (unpaired) electrons. The van der Waals surface area contributed by atoms with Crippen molar-refractivity contribution in [3.05, 3.63) is 32.6 Å². The Kier molecular flexibility index (Phi) is 3.62. The van der Waals surface area contributed by atoms with Crippen LogP contribution in [0.2, 0.25) is 0 Å². The van der Waals surface area contributed by atoms with Crippen LogP contribution in [0.3, 0.4) is 0 Å². The van der Waals surface area contributed by atoms with Gasteiger partial charge in [0.1, 0.15) is 11.5 Å². The van der Waals surface area contributed by atoms with E-state index in [4.69, 9.17) is 5.11 Å². The zero-order valence-electron chi connectivity index (χ0n) is 9.61. The fraction of sp³-hybridized carbons (Fsp3) is 0.600. The van der Waals surface area contributed by atoms with Crippen LogP contribution < -0.4 is 11.2 Å². The first-order chi connectivity index (χ1) is 8.45. The third-order valence-corrected chi connectivity index (χ3v) is 4.49. The van der Waals surface area contributed by atoms with Gasteiger partial charge in [0, 0.05) is 11.8 Å². The Balaban J connectivity index is 2.45. The number of nitrogens with one attached hydrogen (secondary N) is 1. The molecule has 1 fully saturated rings. The van der Waals surface area contributed by atoms with Crippen molar-refractivity contribution in [3.63, 3.8) is 0 Å². The van der Waals surface area contributed by atoms with Gasteiger partial charge in [0.15, 0.2) is 0 Å². The first-order valence-electron chi connectivity index (χ1n) is 5.40. The van der Waals surface area contributed by atoms with E-state index in [0.29, 0.717) is 5.69 Å². The van der Waals surface area contributed by atoms with Crippen LogP contribution in [-0.2, 0) is 0 Å². The van der Waals surface area contributed by atoms with Gasteiger partial charge in [0.25, 0.3) is 5.56 Å². The van der Waals surface area contributed by atoms with Gasteiger partial charge in [0.2, 0.25) is 0 Å². The van der Waals surface area contributed by atoms with Gasteiger partial charge in [-0.05, 0) is 6.92 Å². The van der Waals surface area contributed by atoms with Gasteiger partial charge in [-0.25, -0.2) is 4.79 Å². The highest BCUT2D eigenvalue weighted by Crippen LogP contribution is 2.41. The lowest BCUT2D eigenvalue weighted by atomic mass is 10.1. The van der Waals surface area contributed by atoms with Crippen LogP contribution >= 0.6 is 11.8 Å². The quantitative estimate of drug-likeness (QED) is 0.504. The number of aryl methyl sites for hydroxylation is 1. The Hall–Kier alpha value is -1.09. The van der Waals surface area contributed by atoms with Crippen molar-refractivity contribution in [1.82, 2.24) is 9.55 Å². The number of aromatic nitrogens is 2. The van der Waals surface area contributed by atoms with E-state index in [-0.39, 0.29) is 6.61 Å². The molecule has 4 atom stereocenters. The Morgan fingerprint density at radius 1 is 1.39 bits per heavy atom. The first kappa shape index (κ1) is 13.3. The van der Waals surface area contributed by atoms with Crippen molar-refractivity contribution in [1.29, 1.82) is 0 Å². The molecule has 0 bridgehead atoms. The van der Waals surface area contributed by atoms with E-state index in [9.17, 15) is 19.8 Å². The van der Waals surface area contributed by atoms with Crippen molar-refractivity contribution < 1.29 is 15.3 Å². The molecule has 1 aliphatic heterocycles. The molecule has 0 aromatic carbocycles. The molecule has 0 amide bonds. The van der Waals surface area contributed by atoms with Crippen molar-refractivity contribution in [2.45, 2.75) is 29.8 Å². The molecule has 4 N–H and O–H groups in total. The number of hydrogen-bond acceptors (Lipinski definition) is 6. The lowest BCUT2D eigenvalue weighted by Crippen LogP contribution is -2.38. The smallest absolute Gasteiger partial charge is 0.329 e. The third-order valence-electron chi connectivity index (χ3n) is 2.94. The molecule has 2 heterocycles. The van der Waals surface area contributed by atoms with E-state index in [2.05, 4.69) is 4.98 Å². The highest BCUT2D eigenvalue weighted by Gasteiger charge is 2.43. The summed E-state index contributed by atoms with van der Waals surface area (Å²) in [5.41, 5.74) is -0.751. The summed E-state index contributed by atoms with van der Waals surface area (Å²) in [4.78, 5) is 25.0. The molecule has 1 aromatic rings. The summed E-state index contributed by atoms with van der Waals surface area (Å²) in [6.45, 7) is 1.28. The summed E-state index contributed by atoms with van der Waals surface area (Å²) < 4.78 is 1.22. The molecule has 100 valence electrons. The topological polar surface area (TPSA) is 116 Å². The van der Waals surface area contributed by atoms with Gasteiger partial charge in [-0.3, -0.25) is 14.3 Å². The van der Waals surface area contributed by atoms with Gasteiger partial charge in [-0.15, -0.1) is 11.8 Å². The third kappa shape index (κ3) is 2.12. The van der Waals surface area contributed by atoms with Crippen LogP contribution in [0, 0.1) is 6.92 Å². The van der Waals surface area contributed by atoms with Gasteiger partial charge >= 0.3 is 5.69 Å². The van der Waals surface area contributed by atoms with E-state index in [1.165, 1.54) is 10.6 Å². The fourth-order valence-electron chi connectivity index (χ4n) is 2.03. The van der Waals surface area contributed by atoms with Gasteiger partial charge in [0.05, 0.1) is 18.0 Å². The molecule has 2 rings (SSSR count). The van der Waals surface area contributed by atoms with Crippen LogP contribution in [0.1, 0.15) is 11.1 Å². The Morgan fingerprint density at radius 2 is 2.06 bits per heavy atom. The summed E-state index contributed by atoms with van der Waals surface area (Å²) in [7, 11) is 0. The van der Waals surface area contributed by atoms with Crippen molar-refractivity contribution in [3.8, 4) is 0 Å². The summed E-state index contributed by atoms with van der Waals surface area (Å²) in [6.07, 6.45) is -2.28. The lowest BCUT2D eigenvalue weighted by molar-refractivity contribution is 0.00984. The van der Waals surface area contributed by atoms with E-state index >= 15 is 0 Å². The molecule has 1 saturated heterocycles. The number of H-pyrrole nitrogens is 1. The van der Waals surface area contributed by atoms with Crippen LogP contribution in [-0.4, -0.2) is 48.9 Å². The van der Waals surface area contributed by atoms with Crippen LogP contribution in [0.15, 0.2) is 15.7 Å². The maximum atomic E-state index is 11.7. The molecule has 8 heteroatoms. The molecule has 1 aromatic heterocycles. The van der Waals surface area contributed by atoms with Crippen molar-refractivity contribution in [2.75, 3.05) is 6.61 Å². The number of rotatable bonds is 2. The van der Waals surface area contributed by atoms with E-state index in [1.54, 1.807) is 6.92 Å². The Labute approximate surface area is 106 Å². The Morgan fingerprint density at radius 3 is 2.56 bits per heavy atom. The number of aliphatic hydroxyl groups is 3. The minimum absolute atomic E-state index is 0.295. The number of nitrogens with zero attached hydrogens (tertiary/aromatic N) is 1. The number of aromatic amines is 1. The molecule has 7 nitrogen and oxygen atoms in total. The molecule has 0 unspecified atom stereocenters. The van der Waals surface area contributed by atoms with Crippen LogP contribution in [0.4, 0.5) is 0 Å². The van der Waals surface area contributed by atoms with Crippen molar-refractivity contribution >= 4 is 11.8 Å². The molecular weight excluding hydrogens is 260 g/mol. The Bertz CT molecular complexity index is 554. The van der Waals surface area contributed by atoms with Crippen LogP contribution in [0.25, 0.3) is 0 Å². The second kappa shape index (κ2) is 4.88. The summed E-state index contributed by atoms with van der Waals surface area (Å²) in [6, 6.07) is 1.24. The average molecular weight is 274 g/mol. The fourth-order valence-corrected chi connectivity index (χ4v) is 3.50. The normalized spacial score (nSPS) is 31.8. The number of aliphatic hydroxyl groups excluding tert-OH is 3. The van der Waals surface area contributed by atoms with Crippen LogP contribution in [0.5, 0.6) is 0 Å². The second-order valence-corrected chi connectivity index (χ2v) is 5.54. The SMILES string of the molecule is Cc1cc(=O)[nH]c(=O)n1[C@H]1S[C@@H](CO)[C@@H](O)[C@H]1O. The standard InChI is InChI=1S/C10H14N2O5S/c1-4-2-6(14)11-10(17)12(4)9-8(16)7(15)5(3-13)18-9/h2,5,7-9,13,15-16H,3H2,1H3,(H,11,14,17)/t5-,7+,8+,9-/m0/s1. The maximum Gasteiger partial charge on any atom is 0.329 e. The summed E-state index contributed by atoms with van der Waals surface area (Å²) in [5.74, 6) is 0. The predicted molar refractivity (Wildman–Crippen MR) is 65.6 cm³/mol. The predicted octanol–water partition coefficient (Wildman–Crippen LogP) is -1.83. The van der Waals surface area contributed by atoms with E-state index in [0.717, 1.165) is 11.8 Å². The van der Waals surface area contributed by atoms with E-state index in [1.807, 2.05) is 0 Å². The largest absolute Gasteiger partial charge is 0.395 e. The zero-order valence-corrected chi connectivity index (χ0v) is 10.4. The molecule has 0 spiro atoms. The summed E-state index contributed by atoms with van der Waals surface area (Å²) >= 11 is 1.11. The number of hydrogen-bond donors (Lipinski definition) is 4.